The molecular formula is C15H22N6O2. The molecule has 8 nitrogen and oxygen atoms in total. The summed E-state index contributed by atoms with van der Waals surface area (Å²) in [6, 6.07) is 3.75. The van der Waals surface area contributed by atoms with Gasteiger partial charge in [0, 0.05) is 38.0 Å². The average Bonchev–Trinajstić information content (AvgIpc) is 3.07. The monoisotopic (exact) mass is 318 g/mol. The highest BCUT2D eigenvalue weighted by molar-refractivity contribution is 5.76. The summed E-state index contributed by atoms with van der Waals surface area (Å²) in [6.07, 6.45) is 0.858. The quantitative estimate of drug-likeness (QED) is 0.844. The van der Waals surface area contributed by atoms with Crippen LogP contribution in [0, 0.1) is 5.92 Å². The van der Waals surface area contributed by atoms with E-state index in [4.69, 9.17) is 4.74 Å². The van der Waals surface area contributed by atoms with Crippen LogP contribution in [0.15, 0.2) is 12.1 Å². The first-order valence-electron chi connectivity index (χ1n) is 7.80. The van der Waals surface area contributed by atoms with E-state index < -0.39 is 0 Å². The standard InChI is InChI=1S/C15H22N6O2/c1-10-8-20(2)9-11(10)16-14(22)6-4-12-17-18-13-5-7-15(23-3)19-21(12)13/h5,7,10-11H,4,6,8-9H2,1-3H3,(H,16,22). The summed E-state index contributed by atoms with van der Waals surface area (Å²) in [7, 11) is 3.63. The minimum Gasteiger partial charge on any atom is -0.480 e. The van der Waals surface area contributed by atoms with Crippen molar-refractivity contribution < 1.29 is 9.53 Å². The predicted octanol–water partition coefficient (Wildman–Crippen LogP) is 0.132. The van der Waals surface area contributed by atoms with E-state index in [-0.39, 0.29) is 11.9 Å². The van der Waals surface area contributed by atoms with Crippen molar-refractivity contribution in [1.29, 1.82) is 0 Å². The molecule has 0 aliphatic carbocycles. The molecule has 0 saturated carbocycles. The number of likely N-dealkylation sites (N-methyl/N-ethyl adjacent to an activating group) is 1. The highest BCUT2D eigenvalue weighted by Gasteiger charge is 2.28. The third-order valence-electron chi connectivity index (χ3n) is 4.23. The summed E-state index contributed by atoms with van der Waals surface area (Å²) < 4.78 is 6.73. The van der Waals surface area contributed by atoms with Gasteiger partial charge in [0.1, 0.15) is 0 Å². The van der Waals surface area contributed by atoms with Crippen molar-refractivity contribution in [2.24, 2.45) is 5.92 Å². The number of hydrogen-bond acceptors (Lipinski definition) is 6. The van der Waals surface area contributed by atoms with E-state index in [2.05, 4.69) is 39.5 Å². The molecule has 0 bridgehead atoms. The topological polar surface area (TPSA) is 84.6 Å². The summed E-state index contributed by atoms with van der Waals surface area (Å²) in [6.45, 7) is 4.08. The number of hydrogen-bond donors (Lipinski definition) is 1. The van der Waals surface area contributed by atoms with Crippen molar-refractivity contribution in [2.45, 2.75) is 25.8 Å². The molecule has 0 spiro atoms. The Kier molecular flexibility index (Phi) is 4.42. The molecule has 0 aromatic carbocycles. The van der Waals surface area contributed by atoms with Gasteiger partial charge in [-0.3, -0.25) is 4.79 Å². The number of fused-ring (bicyclic) bond motifs is 1. The number of likely N-dealkylation sites (tertiary alicyclic amines) is 1. The van der Waals surface area contributed by atoms with Gasteiger partial charge in [-0.2, -0.15) is 4.52 Å². The van der Waals surface area contributed by atoms with Crippen molar-refractivity contribution in [3.05, 3.63) is 18.0 Å². The SMILES string of the molecule is COc1ccc2nnc(CCC(=O)NC3CN(C)CC3C)n2n1. The van der Waals surface area contributed by atoms with Gasteiger partial charge >= 0.3 is 0 Å². The number of nitrogens with zero attached hydrogens (tertiary/aromatic N) is 5. The van der Waals surface area contributed by atoms with Gasteiger partial charge in [0.25, 0.3) is 0 Å². The van der Waals surface area contributed by atoms with Crippen LogP contribution in [0.5, 0.6) is 5.88 Å². The number of nitrogens with one attached hydrogen (secondary N) is 1. The largest absolute Gasteiger partial charge is 0.480 e. The molecule has 8 heteroatoms. The van der Waals surface area contributed by atoms with E-state index in [0.29, 0.717) is 36.1 Å². The molecule has 3 heterocycles. The number of ether oxygens (including phenoxy) is 1. The van der Waals surface area contributed by atoms with E-state index in [1.165, 1.54) is 0 Å². The number of rotatable bonds is 5. The Hall–Kier alpha value is -2.22. The maximum absolute atomic E-state index is 12.2. The van der Waals surface area contributed by atoms with E-state index >= 15 is 0 Å². The second-order valence-corrected chi connectivity index (χ2v) is 6.13. The molecule has 1 saturated heterocycles. The van der Waals surface area contributed by atoms with Crippen LogP contribution < -0.4 is 10.1 Å². The lowest BCUT2D eigenvalue weighted by molar-refractivity contribution is -0.121. The van der Waals surface area contributed by atoms with Crippen LogP contribution in [-0.2, 0) is 11.2 Å². The second-order valence-electron chi connectivity index (χ2n) is 6.13. The second kappa shape index (κ2) is 6.49. The van der Waals surface area contributed by atoms with Crippen molar-refractivity contribution >= 4 is 11.6 Å². The van der Waals surface area contributed by atoms with Gasteiger partial charge < -0.3 is 15.0 Å². The lowest BCUT2D eigenvalue weighted by Gasteiger charge is -2.16. The summed E-state index contributed by atoms with van der Waals surface area (Å²) in [5.74, 6) is 1.66. The molecule has 23 heavy (non-hydrogen) atoms. The average molecular weight is 318 g/mol. The first kappa shape index (κ1) is 15.7. The molecule has 1 N–H and O–H groups in total. The van der Waals surface area contributed by atoms with Gasteiger partial charge in [0.15, 0.2) is 11.5 Å². The fraction of sp³-hybridized carbons (Fsp3) is 0.600. The molecule has 3 rings (SSSR count). The first-order valence-corrected chi connectivity index (χ1v) is 7.80. The summed E-state index contributed by atoms with van der Waals surface area (Å²) >= 11 is 0. The van der Waals surface area contributed by atoms with E-state index in [1.54, 1.807) is 23.8 Å². The Morgan fingerprint density at radius 2 is 2.22 bits per heavy atom. The molecule has 2 unspecified atom stereocenters. The van der Waals surface area contributed by atoms with Crippen LogP contribution in [0.1, 0.15) is 19.2 Å². The Morgan fingerprint density at radius 3 is 2.91 bits per heavy atom. The zero-order valence-corrected chi connectivity index (χ0v) is 13.7. The van der Waals surface area contributed by atoms with Crippen LogP contribution in [0.25, 0.3) is 5.65 Å². The van der Waals surface area contributed by atoms with E-state index in [9.17, 15) is 4.79 Å². The minimum absolute atomic E-state index is 0.0387. The van der Waals surface area contributed by atoms with Crippen molar-refractivity contribution in [3.8, 4) is 5.88 Å². The number of amides is 1. The lowest BCUT2D eigenvalue weighted by atomic mass is 10.1. The van der Waals surface area contributed by atoms with E-state index in [0.717, 1.165) is 13.1 Å². The predicted molar refractivity (Wildman–Crippen MR) is 84.2 cm³/mol. The Balaban J connectivity index is 1.61. The summed E-state index contributed by atoms with van der Waals surface area (Å²) in [4.78, 5) is 14.4. The van der Waals surface area contributed by atoms with Gasteiger partial charge in [-0.1, -0.05) is 6.92 Å². The van der Waals surface area contributed by atoms with Crippen molar-refractivity contribution in [1.82, 2.24) is 30.0 Å². The van der Waals surface area contributed by atoms with Crippen molar-refractivity contribution in [3.63, 3.8) is 0 Å². The molecule has 1 amide bonds. The number of carbonyl (C=O) groups is 1. The van der Waals surface area contributed by atoms with E-state index in [1.807, 2.05) is 0 Å². The molecule has 1 fully saturated rings. The van der Waals surface area contributed by atoms with Crippen LogP contribution in [0.3, 0.4) is 0 Å². The fourth-order valence-corrected chi connectivity index (χ4v) is 2.98. The third-order valence-corrected chi connectivity index (χ3v) is 4.23. The normalized spacial score (nSPS) is 21.7. The maximum atomic E-state index is 12.2. The lowest BCUT2D eigenvalue weighted by Crippen LogP contribution is -2.39. The summed E-state index contributed by atoms with van der Waals surface area (Å²) in [5.41, 5.74) is 0.646. The molecule has 124 valence electrons. The zero-order chi connectivity index (χ0) is 16.4. The highest BCUT2D eigenvalue weighted by atomic mass is 16.5. The van der Waals surface area contributed by atoms with Gasteiger partial charge in [0.2, 0.25) is 11.8 Å². The number of methoxy groups -OCH3 is 1. The third kappa shape index (κ3) is 3.42. The van der Waals surface area contributed by atoms with Crippen LogP contribution >= 0.6 is 0 Å². The van der Waals surface area contributed by atoms with Crippen molar-refractivity contribution in [2.75, 3.05) is 27.2 Å². The number of aromatic nitrogens is 4. The summed E-state index contributed by atoms with van der Waals surface area (Å²) in [5, 5.41) is 15.6. The number of carbonyl (C=O) groups excluding carboxylic acids is 1. The fourth-order valence-electron chi connectivity index (χ4n) is 2.98. The Morgan fingerprint density at radius 1 is 1.39 bits per heavy atom. The van der Waals surface area contributed by atoms with Crippen LogP contribution in [0.2, 0.25) is 0 Å². The van der Waals surface area contributed by atoms with Crippen LogP contribution in [0.4, 0.5) is 0 Å². The Labute approximate surface area is 134 Å². The van der Waals surface area contributed by atoms with Gasteiger partial charge in [-0.05, 0) is 19.0 Å². The molecule has 2 aromatic rings. The number of aryl methyl sites for hydroxylation is 1. The molecule has 2 atom stereocenters. The smallest absolute Gasteiger partial charge is 0.231 e. The maximum Gasteiger partial charge on any atom is 0.231 e. The molecule has 2 aromatic heterocycles. The van der Waals surface area contributed by atoms with Gasteiger partial charge in [0.05, 0.1) is 7.11 Å². The molecule has 1 aliphatic heterocycles. The molecular weight excluding hydrogens is 296 g/mol. The Bertz CT molecular complexity index is 700. The molecule has 1 aliphatic rings. The van der Waals surface area contributed by atoms with Gasteiger partial charge in [-0.25, -0.2) is 0 Å². The van der Waals surface area contributed by atoms with Crippen LogP contribution in [-0.4, -0.2) is 63.9 Å². The first-order chi connectivity index (χ1) is 11.1. The zero-order valence-electron chi connectivity index (χ0n) is 13.7. The van der Waals surface area contributed by atoms with Gasteiger partial charge in [-0.15, -0.1) is 15.3 Å². The minimum atomic E-state index is 0.0387. The molecule has 0 radical (unpaired) electrons. The highest BCUT2D eigenvalue weighted by Crippen LogP contribution is 2.15.